The predicted molar refractivity (Wildman–Crippen MR) is 78.9 cm³/mol. The summed E-state index contributed by atoms with van der Waals surface area (Å²) in [7, 11) is 0. The summed E-state index contributed by atoms with van der Waals surface area (Å²) in [5.74, 6) is 0.697. The first-order chi connectivity index (χ1) is 9.09. The maximum Gasteiger partial charge on any atom is 0.148 e. The Morgan fingerprint density at radius 3 is 2.26 bits per heavy atom. The van der Waals surface area contributed by atoms with E-state index < -0.39 is 5.54 Å². The van der Waals surface area contributed by atoms with Crippen molar-refractivity contribution in [3.63, 3.8) is 0 Å². The second kappa shape index (κ2) is 5.68. The Morgan fingerprint density at radius 2 is 1.74 bits per heavy atom. The van der Waals surface area contributed by atoms with Gasteiger partial charge in [-0.05, 0) is 30.5 Å². The summed E-state index contributed by atoms with van der Waals surface area (Å²) in [5, 5.41) is 0.705. The zero-order valence-corrected chi connectivity index (χ0v) is 12.0. The van der Waals surface area contributed by atoms with Crippen LogP contribution in [0.5, 0.6) is 0 Å². The van der Waals surface area contributed by atoms with Gasteiger partial charge in [-0.3, -0.25) is 0 Å². The van der Waals surface area contributed by atoms with Crippen LogP contribution in [0, 0.1) is 0 Å². The number of nitrogens with zero attached hydrogens (tertiary/aromatic N) is 2. The average molecular weight is 276 g/mol. The maximum atomic E-state index is 6.28. The molecule has 0 aliphatic rings. The zero-order chi connectivity index (χ0) is 13.9. The number of hydrogen-bond acceptors (Lipinski definition) is 3. The van der Waals surface area contributed by atoms with Gasteiger partial charge >= 0.3 is 0 Å². The molecule has 0 saturated carbocycles. The normalized spacial score (nSPS) is 11.6. The fraction of sp³-hybridized carbons (Fsp3) is 0.333. The Kier molecular flexibility index (Phi) is 4.17. The van der Waals surface area contributed by atoms with Crippen molar-refractivity contribution in [1.82, 2.24) is 9.97 Å². The first-order valence-corrected chi connectivity index (χ1v) is 6.84. The highest BCUT2D eigenvalue weighted by molar-refractivity contribution is 6.30. The van der Waals surface area contributed by atoms with Gasteiger partial charge in [0.25, 0.3) is 0 Å². The molecule has 4 heteroatoms. The summed E-state index contributed by atoms with van der Waals surface area (Å²) in [6.07, 6.45) is 5.25. The molecule has 0 aliphatic carbocycles. The van der Waals surface area contributed by atoms with E-state index in [1.807, 2.05) is 24.3 Å². The third kappa shape index (κ3) is 2.94. The molecule has 0 atom stereocenters. The van der Waals surface area contributed by atoms with E-state index in [1.165, 1.54) is 0 Å². The lowest BCUT2D eigenvalue weighted by atomic mass is 9.93. The smallest absolute Gasteiger partial charge is 0.148 e. The molecule has 0 bridgehead atoms. The molecule has 1 aromatic carbocycles. The Morgan fingerprint density at radius 1 is 1.11 bits per heavy atom. The van der Waals surface area contributed by atoms with Gasteiger partial charge in [-0.2, -0.15) is 0 Å². The van der Waals surface area contributed by atoms with Gasteiger partial charge in [0.1, 0.15) is 5.82 Å². The Balaban J connectivity index is 2.33. The molecule has 0 fully saturated rings. The molecule has 1 aromatic heterocycles. The van der Waals surface area contributed by atoms with E-state index in [0.717, 1.165) is 24.0 Å². The molecule has 0 radical (unpaired) electrons. The van der Waals surface area contributed by atoms with Gasteiger partial charge in [0.15, 0.2) is 0 Å². The monoisotopic (exact) mass is 275 g/mol. The van der Waals surface area contributed by atoms with Gasteiger partial charge in [-0.1, -0.05) is 37.6 Å². The number of rotatable bonds is 4. The lowest BCUT2D eigenvalue weighted by Crippen LogP contribution is -2.37. The van der Waals surface area contributed by atoms with Crippen molar-refractivity contribution in [2.24, 2.45) is 5.73 Å². The second-order valence-electron chi connectivity index (χ2n) is 4.67. The molecule has 0 aliphatic heterocycles. The Bertz CT molecular complexity index is 548. The van der Waals surface area contributed by atoms with Crippen LogP contribution in [0.25, 0.3) is 11.1 Å². The maximum absolute atomic E-state index is 6.28. The van der Waals surface area contributed by atoms with Crippen LogP contribution in [0.1, 0.15) is 32.5 Å². The van der Waals surface area contributed by atoms with E-state index in [2.05, 4.69) is 23.8 Å². The van der Waals surface area contributed by atoms with Crippen molar-refractivity contribution in [3.8, 4) is 11.1 Å². The molecule has 19 heavy (non-hydrogen) atoms. The molecule has 2 rings (SSSR count). The minimum absolute atomic E-state index is 0.438. The fourth-order valence-electron chi connectivity index (χ4n) is 1.97. The minimum atomic E-state index is -0.438. The number of benzene rings is 1. The second-order valence-corrected chi connectivity index (χ2v) is 5.11. The van der Waals surface area contributed by atoms with E-state index in [4.69, 9.17) is 17.3 Å². The summed E-state index contributed by atoms with van der Waals surface area (Å²) in [6.45, 7) is 4.11. The van der Waals surface area contributed by atoms with Crippen LogP contribution >= 0.6 is 11.6 Å². The highest BCUT2D eigenvalue weighted by atomic mass is 35.5. The Labute approximate surface area is 118 Å². The van der Waals surface area contributed by atoms with E-state index in [0.29, 0.717) is 10.8 Å². The summed E-state index contributed by atoms with van der Waals surface area (Å²) in [4.78, 5) is 8.84. The quantitative estimate of drug-likeness (QED) is 0.924. The average Bonchev–Trinajstić information content (AvgIpc) is 2.46. The molecular formula is C15H18ClN3. The third-order valence-electron chi connectivity index (χ3n) is 3.52. The summed E-state index contributed by atoms with van der Waals surface area (Å²) in [6, 6.07) is 7.64. The molecule has 3 nitrogen and oxygen atoms in total. The molecule has 100 valence electrons. The van der Waals surface area contributed by atoms with Gasteiger partial charge in [0, 0.05) is 23.0 Å². The van der Waals surface area contributed by atoms with Crippen LogP contribution in [0.2, 0.25) is 5.02 Å². The fourth-order valence-corrected chi connectivity index (χ4v) is 2.16. The van der Waals surface area contributed by atoms with Gasteiger partial charge in [0.2, 0.25) is 0 Å². The molecule has 0 amide bonds. The van der Waals surface area contributed by atoms with E-state index >= 15 is 0 Å². The molecule has 0 spiro atoms. The lowest BCUT2D eigenvalue weighted by molar-refractivity contribution is 0.387. The first-order valence-electron chi connectivity index (χ1n) is 6.46. The predicted octanol–water partition coefficient (Wildman–Crippen LogP) is 3.77. The number of nitrogens with two attached hydrogens (primary N) is 1. The molecule has 0 unspecified atom stereocenters. The van der Waals surface area contributed by atoms with Crippen LogP contribution in [-0.2, 0) is 5.54 Å². The highest BCUT2D eigenvalue weighted by Crippen LogP contribution is 2.25. The van der Waals surface area contributed by atoms with Crippen LogP contribution in [0.4, 0.5) is 0 Å². The van der Waals surface area contributed by atoms with Crippen LogP contribution in [0.15, 0.2) is 36.7 Å². The van der Waals surface area contributed by atoms with Crippen molar-refractivity contribution < 1.29 is 0 Å². The van der Waals surface area contributed by atoms with Gasteiger partial charge in [-0.25, -0.2) is 9.97 Å². The topological polar surface area (TPSA) is 51.8 Å². The van der Waals surface area contributed by atoms with Crippen LogP contribution in [0.3, 0.4) is 0 Å². The van der Waals surface area contributed by atoms with Gasteiger partial charge < -0.3 is 5.73 Å². The van der Waals surface area contributed by atoms with E-state index in [1.54, 1.807) is 12.4 Å². The lowest BCUT2D eigenvalue weighted by Gasteiger charge is -2.24. The Hall–Kier alpha value is -1.45. The van der Waals surface area contributed by atoms with Crippen molar-refractivity contribution in [2.75, 3.05) is 0 Å². The van der Waals surface area contributed by atoms with Crippen LogP contribution < -0.4 is 5.73 Å². The molecule has 1 heterocycles. The largest absolute Gasteiger partial charge is 0.319 e. The highest BCUT2D eigenvalue weighted by Gasteiger charge is 2.25. The van der Waals surface area contributed by atoms with Crippen molar-refractivity contribution >= 4 is 11.6 Å². The van der Waals surface area contributed by atoms with Gasteiger partial charge in [0.05, 0.1) is 5.54 Å². The standard InChI is InChI=1S/C15H18ClN3/c1-3-15(17,4-2)14-18-9-12(10-19-14)11-6-5-7-13(16)8-11/h5-10H,3-4,17H2,1-2H3. The SMILES string of the molecule is CCC(N)(CC)c1ncc(-c2cccc(Cl)c2)cn1. The van der Waals surface area contributed by atoms with E-state index in [-0.39, 0.29) is 0 Å². The van der Waals surface area contributed by atoms with Crippen molar-refractivity contribution in [2.45, 2.75) is 32.2 Å². The first kappa shape index (κ1) is 14.0. The number of aromatic nitrogens is 2. The van der Waals surface area contributed by atoms with Crippen molar-refractivity contribution in [3.05, 3.63) is 47.5 Å². The summed E-state index contributed by atoms with van der Waals surface area (Å²) < 4.78 is 0. The number of halogens is 1. The van der Waals surface area contributed by atoms with E-state index in [9.17, 15) is 0 Å². The molecule has 0 saturated heterocycles. The van der Waals surface area contributed by atoms with Gasteiger partial charge in [-0.15, -0.1) is 0 Å². The molecule has 2 N–H and O–H groups in total. The van der Waals surface area contributed by atoms with Crippen LogP contribution in [-0.4, -0.2) is 9.97 Å². The van der Waals surface area contributed by atoms with Crippen molar-refractivity contribution in [1.29, 1.82) is 0 Å². The minimum Gasteiger partial charge on any atom is -0.319 e. The summed E-state index contributed by atoms with van der Waals surface area (Å²) in [5.41, 5.74) is 7.80. The third-order valence-corrected chi connectivity index (χ3v) is 3.75. The molecular weight excluding hydrogens is 258 g/mol. The zero-order valence-electron chi connectivity index (χ0n) is 11.2. The number of hydrogen-bond donors (Lipinski definition) is 1. The summed E-state index contributed by atoms with van der Waals surface area (Å²) >= 11 is 5.98. The molecule has 2 aromatic rings.